The van der Waals surface area contributed by atoms with Crippen LogP contribution < -0.4 is 0 Å². The number of sulfone groups is 1. The number of nitriles is 1. The maximum absolute atomic E-state index is 13.5. The van der Waals surface area contributed by atoms with Gasteiger partial charge in [0.25, 0.3) is 9.84 Å². The normalized spacial score (nSPS) is 12.9. The van der Waals surface area contributed by atoms with Gasteiger partial charge in [0.15, 0.2) is 12.4 Å². The lowest BCUT2D eigenvalue weighted by atomic mass is 10.1. The highest BCUT2D eigenvalue weighted by atomic mass is 79.9. The van der Waals surface area contributed by atoms with Crippen LogP contribution in [-0.4, -0.2) is 30.4 Å². The van der Waals surface area contributed by atoms with E-state index in [4.69, 9.17) is 28.5 Å². The summed E-state index contributed by atoms with van der Waals surface area (Å²) in [4.78, 5) is -1.51. The average molecular weight is 531 g/mol. The first kappa shape index (κ1) is 22.8. The molecule has 0 spiro atoms. The van der Waals surface area contributed by atoms with Crippen molar-refractivity contribution in [2.75, 3.05) is 6.67 Å². The van der Waals surface area contributed by atoms with Gasteiger partial charge in [0.05, 0.1) is 10.0 Å². The molecule has 1 aromatic carbocycles. The summed E-state index contributed by atoms with van der Waals surface area (Å²) in [6.07, 6.45) is 0. The third kappa shape index (κ3) is 3.70. The standard InChI is InChI=1S/C13H4BrCl2F6N3O2S/c14-11-10(28(26,27)13(20,21)22)8(3-23)24-25(11)9-6(15)1-5(2-7(9)16)12(18,19)4-17/h1-2H,4H2. The summed E-state index contributed by atoms with van der Waals surface area (Å²) in [5.74, 6) is -3.95. The van der Waals surface area contributed by atoms with Crippen LogP contribution in [-0.2, 0) is 15.8 Å². The second-order valence-corrected chi connectivity index (χ2v) is 8.51. The molecule has 0 unspecified atom stereocenters. The van der Waals surface area contributed by atoms with Crippen molar-refractivity contribution >= 4 is 49.0 Å². The second-order valence-electron chi connectivity index (χ2n) is 5.07. The van der Waals surface area contributed by atoms with E-state index in [0.29, 0.717) is 16.8 Å². The molecule has 0 aliphatic rings. The molecule has 1 aromatic heterocycles. The van der Waals surface area contributed by atoms with E-state index in [1.54, 1.807) is 0 Å². The SMILES string of the molecule is N#Cc1nn(-c2c(Cl)cc(C(F)(F)CF)cc2Cl)c(Br)c1S(=O)(=O)C(F)(F)F. The molecule has 28 heavy (non-hydrogen) atoms. The Kier molecular flexibility index (Phi) is 6.02. The van der Waals surface area contributed by atoms with Crippen molar-refractivity contribution < 1.29 is 34.8 Å². The first-order chi connectivity index (χ1) is 12.7. The Morgan fingerprint density at radius 2 is 1.68 bits per heavy atom. The lowest BCUT2D eigenvalue weighted by Gasteiger charge is -2.16. The van der Waals surface area contributed by atoms with Gasteiger partial charge < -0.3 is 0 Å². The van der Waals surface area contributed by atoms with Crippen molar-refractivity contribution in [1.29, 1.82) is 5.26 Å². The molecule has 1 heterocycles. The third-order valence-electron chi connectivity index (χ3n) is 3.29. The number of aromatic nitrogens is 2. The second kappa shape index (κ2) is 7.40. The molecule has 0 aliphatic carbocycles. The first-order valence-corrected chi connectivity index (χ1v) is 9.66. The van der Waals surface area contributed by atoms with E-state index in [9.17, 15) is 34.8 Å². The van der Waals surface area contributed by atoms with Crippen LogP contribution in [0.15, 0.2) is 21.6 Å². The van der Waals surface area contributed by atoms with Crippen molar-refractivity contribution in [3.05, 3.63) is 38.0 Å². The summed E-state index contributed by atoms with van der Waals surface area (Å²) < 4.78 is 101. The molecule has 15 heteroatoms. The minimum atomic E-state index is -6.01. The molecule has 0 saturated carbocycles. The van der Waals surface area contributed by atoms with Gasteiger partial charge in [0.2, 0.25) is 0 Å². The summed E-state index contributed by atoms with van der Waals surface area (Å²) in [6.45, 7) is -2.07. The highest BCUT2D eigenvalue weighted by Crippen LogP contribution is 2.41. The van der Waals surface area contributed by atoms with Crippen molar-refractivity contribution in [2.24, 2.45) is 0 Å². The van der Waals surface area contributed by atoms with Gasteiger partial charge >= 0.3 is 11.4 Å². The van der Waals surface area contributed by atoms with E-state index < -0.39 is 64.4 Å². The fourth-order valence-corrected chi connectivity index (χ4v) is 4.63. The Balaban J connectivity index is 2.81. The molecule has 0 aliphatic heterocycles. The van der Waals surface area contributed by atoms with E-state index in [-0.39, 0.29) is 0 Å². The van der Waals surface area contributed by atoms with Gasteiger partial charge in [-0.2, -0.15) is 32.3 Å². The summed E-state index contributed by atoms with van der Waals surface area (Å²) in [5.41, 5.74) is -8.33. The third-order valence-corrected chi connectivity index (χ3v) is 6.39. The minimum Gasteiger partial charge on any atom is -0.244 e. The molecular weight excluding hydrogens is 527 g/mol. The molecule has 0 fully saturated rings. The Labute approximate surface area is 171 Å². The highest BCUT2D eigenvalue weighted by molar-refractivity contribution is 9.10. The Bertz CT molecular complexity index is 1070. The van der Waals surface area contributed by atoms with Crippen molar-refractivity contribution in [1.82, 2.24) is 9.78 Å². The predicted octanol–water partition coefficient (Wildman–Crippen LogP) is 5.17. The molecule has 0 radical (unpaired) electrons. The van der Waals surface area contributed by atoms with Gasteiger partial charge in [-0.3, -0.25) is 0 Å². The van der Waals surface area contributed by atoms with Crippen LogP contribution in [0.25, 0.3) is 5.69 Å². The van der Waals surface area contributed by atoms with Gasteiger partial charge in [-0.25, -0.2) is 17.5 Å². The number of alkyl halides is 6. The van der Waals surface area contributed by atoms with Crippen LogP contribution in [0.1, 0.15) is 11.3 Å². The van der Waals surface area contributed by atoms with Crippen LogP contribution in [0.4, 0.5) is 26.3 Å². The van der Waals surface area contributed by atoms with Crippen LogP contribution in [0.5, 0.6) is 0 Å². The van der Waals surface area contributed by atoms with E-state index in [2.05, 4.69) is 21.0 Å². The van der Waals surface area contributed by atoms with Gasteiger partial charge in [-0.15, -0.1) is 0 Å². The molecule has 0 N–H and O–H groups in total. The lowest BCUT2D eigenvalue weighted by Crippen LogP contribution is -2.24. The average Bonchev–Trinajstić information content (AvgIpc) is 2.90. The Morgan fingerprint density at radius 1 is 1.18 bits per heavy atom. The number of nitrogens with zero attached hydrogens (tertiary/aromatic N) is 3. The van der Waals surface area contributed by atoms with Crippen LogP contribution in [0.3, 0.4) is 0 Å². The molecule has 2 rings (SSSR count). The maximum Gasteiger partial charge on any atom is 0.502 e. The zero-order valence-electron chi connectivity index (χ0n) is 12.8. The summed E-state index contributed by atoms with van der Waals surface area (Å²) in [7, 11) is -6.01. The topological polar surface area (TPSA) is 75.8 Å². The van der Waals surface area contributed by atoms with Crippen molar-refractivity contribution in [3.63, 3.8) is 0 Å². The molecule has 0 saturated heterocycles. The fourth-order valence-electron chi connectivity index (χ4n) is 2.01. The number of halogens is 9. The number of rotatable bonds is 4. The molecular formula is C13H4BrCl2F6N3O2S. The molecule has 0 atom stereocenters. The van der Waals surface area contributed by atoms with Gasteiger partial charge in [-0.05, 0) is 28.1 Å². The number of benzene rings is 1. The summed E-state index contributed by atoms with van der Waals surface area (Å²) in [6, 6.07) is 2.36. The highest BCUT2D eigenvalue weighted by Gasteiger charge is 2.51. The van der Waals surface area contributed by atoms with Crippen LogP contribution >= 0.6 is 39.1 Å². The Morgan fingerprint density at radius 3 is 2.07 bits per heavy atom. The molecule has 0 bridgehead atoms. The molecule has 5 nitrogen and oxygen atoms in total. The van der Waals surface area contributed by atoms with Crippen molar-refractivity contribution in [3.8, 4) is 11.8 Å². The van der Waals surface area contributed by atoms with E-state index in [1.165, 1.54) is 6.07 Å². The van der Waals surface area contributed by atoms with Crippen LogP contribution in [0, 0.1) is 11.3 Å². The molecule has 0 amide bonds. The quantitative estimate of drug-likeness (QED) is 0.511. The fraction of sp³-hybridized carbons (Fsp3) is 0.231. The minimum absolute atomic E-state index is 0.430. The summed E-state index contributed by atoms with van der Waals surface area (Å²) in [5, 5.41) is 11.2. The molecule has 152 valence electrons. The van der Waals surface area contributed by atoms with E-state index in [0.717, 1.165) is 0 Å². The largest absolute Gasteiger partial charge is 0.502 e. The monoisotopic (exact) mass is 529 g/mol. The lowest BCUT2D eigenvalue weighted by molar-refractivity contribution is -0.0436. The van der Waals surface area contributed by atoms with Gasteiger partial charge in [-0.1, -0.05) is 23.2 Å². The van der Waals surface area contributed by atoms with Gasteiger partial charge in [0, 0.05) is 5.56 Å². The van der Waals surface area contributed by atoms with E-state index in [1.807, 2.05) is 0 Å². The first-order valence-electron chi connectivity index (χ1n) is 6.62. The smallest absolute Gasteiger partial charge is 0.244 e. The van der Waals surface area contributed by atoms with Gasteiger partial charge in [0.1, 0.15) is 21.3 Å². The van der Waals surface area contributed by atoms with E-state index >= 15 is 0 Å². The summed E-state index contributed by atoms with van der Waals surface area (Å²) >= 11 is 14.3. The zero-order valence-corrected chi connectivity index (χ0v) is 16.7. The number of hydrogen-bond acceptors (Lipinski definition) is 4. The zero-order chi connectivity index (χ0) is 21.7. The Hall–Kier alpha value is -1.49. The number of hydrogen-bond donors (Lipinski definition) is 0. The van der Waals surface area contributed by atoms with Crippen molar-refractivity contribution in [2.45, 2.75) is 16.3 Å². The molecule has 2 aromatic rings. The van der Waals surface area contributed by atoms with Crippen LogP contribution in [0.2, 0.25) is 10.0 Å². The maximum atomic E-state index is 13.5. The predicted molar refractivity (Wildman–Crippen MR) is 89.1 cm³/mol.